The normalized spacial score (nSPS) is 12.7. The van der Waals surface area contributed by atoms with Crippen LogP contribution in [0.25, 0.3) is 0 Å². The third-order valence-corrected chi connectivity index (χ3v) is 6.48. The van der Waals surface area contributed by atoms with E-state index in [4.69, 9.17) is 27.7 Å². The summed E-state index contributed by atoms with van der Waals surface area (Å²) < 4.78 is 5.07. The van der Waals surface area contributed by atoms with Gasteiger partial charge in [0, 0.05) is 25.9 Å². The summed E-state index contributed by atoms with van der Waals surface area (Å²) in [5.74, 6) is -3.30. The Bertz CT molecular complexity index is 1060. The molecule has 0 aliphatic heterocycles. The molecule has 2 atom stereocenters. The zero-order valence-corrected chi connectivity index (χ0v) is 24.3. The molecule has 0 aliphatic carbocycles. The minimum Gasteiger partial charge on any atom is -0.481 e. The topological polar surface area (TPSA) is 251 Å². The molecule has 42 heavy (non-hydrogen) atoms. The van der Waals surface area contributed by atoms with Crippen molar-refractivity contribution >= 4 is 35.7 Å². The summed E-state index contributed by atoms with van der Waals surface area (Å²) in [5.41, 5.74) is 20.6. The number of ether oxygens (including phenoxy) is 1. The second-order valence-corrected chi connectivity index (χ2v) is 10.0. The first-order chi connectivity index (χ1) is 20.0. The van der Waals surface area contributed by atoms with E-state index in [-0.39, 0.29) is 37.7 Å². The number of rotatable bonds is 21. The van der Waals surface area contributed by atoms with Crippen LogP contribution in [-0.2, 0) is 30.3 Å². The molecule has 0 saturated heterocycles. The molecule has 1 rings (SSSR count). The second kappa shape index (κ2) is 19.7. The molecule has 11 N–H and O–H groups in total. The molecule has 0 saturated carbocycles. The number of unbranched alkanes of at least 4 members (excludes halogenated alkanes) is 5. The van der Waals surface area contributed by atoms with Gasteiger partial charge >= 0.3 is 11.9 Å². The Kier molecular flexibility index (Phi) is 16.7. The number of guanidine groups is 2. The van der Waals surface area contributed by atoms with Gasteiger partial charge in [-0.05, 0) is 31.2 Å². The number of carboxylic acids is 1. The standard InChI is InChI=1S/C28H46N8O6/c1-42-25(41)28(15-11-17-34-27(31)32,19-20-12-7-6-8-13-20)36-24(40)21(18-23(38)39)35-22(37)14-9-4-2-3-5-10-16-33-26(29)30/h6-8,12-13,21H,2-5,9-11,14-19H2,1H3,(H,35,37)(H,36,40)(H,38,39)(H4,29,30,33)(H4,31,32,34)/t21-,28-/m0/s1. The zero-order chi connectivity index (χ0) is 31.4. The molecule has 0 radical (unpaired) electrons. The molecule has 0 heterocycles. The van der Waals surface area contributed by atoms with Crippen LogP contribution in [0.4, 0.5) is 0 Å². The van der Waals surface area contributed by atoms with Gasteiger partial charge in [0.1, 0.15) is 11.6 Å². The monoisotopic (exact) mass is 590 g/mol. The lowest BCUT2D eigenvalue weighted by molar-refractivity contribution is -0.152. The van der Waals surface area contributed by atoms with E-state index in [9.17, 15) is 24.3 Å². The number of esters is 1. The highest BCUT2D eigenvalue weighted by Gasteiger charge is 2.42. The van der Waals surface area contributed by atoms with Crippen LogP contribution in [0.3, 0.4) is 0 Å². The van der Waals surface area contributed by atoms with Gasteiger partial charge in [0.25, 0.3) is 0 Å². The van der Waals surface area contributed by atoms with Crippen molar-refractivity contribution in [2.45, 2.75) is 82.2 Å². The lowest BCUT2D eigenvalue weighted by Crippen LogP contribution is -2.61. The van der Waals surface area contributed by atoms with Crippen LogP contribution in [0.5, 0.6) is 0 Å². The number of methoxy groups -OCH3 is 1. The van der Waals surface area contributed by atoms with Crippen molar-refractivity contribution in [3.8, 4) is 0 Å². The third-order valence-electron chi connectivity index (χ3n) is 6.48. The Labute approximate surface area is 246 Å². The van der Waals surface area contributed by atoms with Crippen LogP contribution in [0.15, 0.2) is 40.3 Å². The molecule has 0 fully saturated rings. The van der Waals surface area contributed by atoms with Crippen molar-refractivity contribution in [2.75, 3.05) is 20.2 Å². The van der Waals surface area contributed by atoms with Crippen LogP contribution in [0.2, 0.25) is 0 Å². The highest BCUT2D eigenvalue weighted by Crippen LogP contribution is 2.23. The summed E-state index contributed by atoms with van der Waals surface area (Å²) in [6.07, 6.45) is 5.01. The van der Waals surface area contributed by atoms with E-state index in [1.807, 2.05) is 6.07 Å². The van der Waals surface area contributed by atoms with Crippen LogP contribution >= 0.6 is 0 Å². The molecule has 0 aliphatic rings. The van der Waals surface area contributed by atoms with Gasteiger partial charge in [-0.15, -0.1) is 0 Å². The van der Waals surface area contributed by atoms with Gasteiger partial charge in [0.2, 0.25) is 11.8 Å². The smallest absolute Gasteiger partial charge is 0.331 e. The largest absolute Gasteiger partial charge is 0.481 e. The number of benzene rings is 1. The fourth-order valence-electron chi connectivity index (χ4n) is 4.43. The van der Waals surface area contributed by atoms with E-state index in [2.05, 4.69) is 20.6 Å². The first-order valence-corrected chi connectivity index (χ1v) is 14.1. The summed E-state index contributed by atoms with van der Waals surface area (Å²) in [6.45, 7) is 0.772. The van der Waals surface area contributed by atoms with Crippen LogP contribution < -0.4 is 33.6 Å². The molecule has 234 valence electrons. The number of hydrogen-bond acceptors (Lipinski definition) is 7. The molecular weight excluding hydrogens is 544 g/mol. The van der Waals surface area contributed by atoms with Crippen LogP contribution in [0.1, 0.15) is 69.8 Å². The highest BCUT2D eigenvalue weighted by molar-refractivity contribution is 5.94. The van der Waals surface area contributed by atoms with E-state index < -0.39 is 41.8 Å². The molecule has 1 aromatic rings. The number of nitrogens with one attached hydrogen (secondary N) is 2. The SMILES string of the molecule is COC(=O)[C@](CCCN=C(N)N)(Cc1ccccc1)NC(=O)[C@H](CC(=O)O)NC(=O)CCCCCCCCN=C(N)N. The van der Waals surface area contributed by atoms with Gasteiger partial charge in [0.05, 0.1) is 13.5 Å². The van der Waals surface area contributed by atoms with Gasteiger partial charge in [-0.2, -0.15) is 0 Å². The number of nitrogens with two attached hydrogens (primary N) is 4. The first-order valence-electron chi connectivity index (χ1n) is 14.1. The van der Waals surface area contributed by atoms with Gasteiger partial charge < -0.3 is 43.4 Å². The average Bonchev–Trinajstić information content (AvgIpc) is 2.93. The number of carboxylic acid groups (broad SMARTS) is 1. The molecule has 1 aromatic carbocycles. The predicted octanol–water partition coefficient (Wildman–Crippen LogP) is 0.274. The molecule has 2 amide bonds. The van der Waals surface area contributed by atoms with Crippen LogP contribution in [0, 0.1) is 0 Å². The molecular formula is C28H46N8O6. The second-order valence-electron chi connectivity index (χ2n) is 10.0. The third kappa shape index (κ3) is 14.9. The Morgan fingerprint density at radius 2 is 1.45 bits per heavy atom. The molecule has 0 bridgehead atoms. The first kappa shape index (κ1) is 35.7. The Morgan fingerprint density at radius 3 is 2.02 bits per heavy atom. The molecule has 14 nitrogen and oxygen atoms in total. The summed E-state index contributed by atoms with van der Waals surface area (Å²) in [6, 6.07) is 7.58. The van der Waals surface area contributed by atoms with Crippen molar-refractivity contribution in [1.29, 1.82) is 0 Å². The average molecular weight is 591 g/mol. The molecule has 0 aromatic heterocycles. The number of carbonyl (C=O) groups excluding carboxylic acids is 3. The van der Waals surface area contributed by atoms with E-state index in [1.165, 1.54) is 7.11 Å². The number of aliphatic imine (C=N–C) groups is 2. The van der Waals surface area contributed by atoms with Gasteiger partial charge in [0.15, 0.2) is 11.9 Å². The Balaban J connectivity index is 2.90. The number of nitrogens with zero attached hydrogens (tertiary/aromatic N) is 2. The van der Waals surface area contributed by atoms with Gasteiger partial charge in [-0.3, -0.25) is 24.4 Å². The maximum Gasteiger partial charge on any atom is 0.331 e. The van der Waals surface area contributed by atoms with Crippen molar-refractivity contribution in [3.63, 3.8) is 0 Å². The summed E-state index contributed by atoms with van der Waals surface area (Å²) >= 11 is 0. The number of aliphatic carboxylic acids is 1. The summed E-state index contributed by atoms with van der Waals surface area (Å²) in [7, 11) is 1.20. The fraction of sp³-hybridized carbons (Fsp3) is 0.571. The molecule has 0 unspecified atom stereocenters. The Morgan fingerprint density at radius 1 is 0.881 bits per heavy atom. The quantitative estimate of drug-likeness (QED) is 0.0445. The maximum absolute atomic E-state index is 13.4. The van der Waals surface area contributed by atoms with Gasteiger partial charge in [-0.25, -0.2) is 4.79 Å². The lowest BCUT2D eigenvalue weighted by atomic mass is 9.85. The minimum absolute atomic E-state index is 0.0633. The minimum atomic E-state index is -1.56. The van der Waals surface area contributed by atoms with Crippen molar-refractivity contribution < 1.29 is 29.0 Å². The maximum atomic E-state index is 13.4. The van der Waals surface area contributed by atoms with Crippen molar-refractivity contribution in [3.05, 3.63) is 35.9 Å². The fourth-order valence-corrected chi connectivity index (χ4v) is 4.43. The lowest BCUT2D eigenvalue weighted by Gasteiger charge is -2.33. The zero-order valence-electron chi connectivity index (χ0n) is 24.3. The number of amides is 2. The summed E-state index contributed by atoms with van der Waals surface area (Å²) in [4.78, 5) is 58.7. The van der Waals surface area contributed by atoms with Crippen molar-refractivity contribution in [2.24, 2.45) is 32.9 Å². The highest BCUT2D eigenvalue weighted by atomic mass is 16.5. The Hall–Kier alpha value is -4.36. The van der Waals surface area contributed by atoms with Gasteiger partial charge in [-0.1, -0.05) is 56.0 Å². The summed E-state index contributed by atoms with van der Waals surface area (Å²) in [5, 5.41) is 14.7. The number of hydrogen-bond donors (Lipinski definition) is 7. The van der Waals surface area contributed by atoms with E-state index in [1.54, 1.807) is 24.3 Å². The van der Waals surface area contributed by atoms with Crippen LogP contribution in [-0.4, -0.2) is 72.6 Å². The number of carbonyl (C=O) groups is 4. The molecule has 14 heteroatoms. The van der Waals surface area contributed by atoms with E-state index >= 15 is 0 Å². The molecule has 0 spiro atoms. The predicted molar refractivity (Wildman–Crippen MR) is 160 cm³/mol. The van der Waals surface area contributed by atoms with Crippen molar-refractivity contribution in [1.82, 2.24) is 10.6 Å². The van der Waals surface area contributed by atoms with E-state index in [0.717, 1.165) is 37.7 Å². The van der Waals surface area contributed by atoms with E-state index in [0.29, 0.717) is 19.4 Å².